The van der Waals surface area contributed by atoms with E-state index in [0.717, 1.165) is 10.6 Å². The van der Waals surface area contributed by atoms with E-state index in [9.17, 15) is 9.59 Å². The van der Waals surface area contributed by atoms with E-state index in [1.54, 1.807) is 45.3 Å². The second-order valence-electron chi connectivity index (χ2n) is 6.24. The van der Waals surface area contributed by atoms with Gasteiger partial charge in [0.1, 0.15) is 15.6 Å². The van der Waals surface area contributed by atoms with Crippen LogP contribution in [0.25, 0.3) is 10.6 Å². The third-order valence-corrected chi connectivity index (χ3v) is 5.31. The minimum absolute atomic E-state index is 0.0527. The Morgan fingerprint density at radius 3 is 2.43 bits per heavy atom. The Balaban J connectivity index is 1.65. The van der Waals surface area contributed by atoms with Crippen LogP contribution in [-0.4, -0.2) is 42.4 Å². The van der Waals surface area contributed by atoms with E-state index >= 15 is 0 Å². The van der Waals surface area contributed by atoms with Gasteiger partial charge in [0.15, 0.2) is 0 Å². The van der Waals surface area contributed by atoms with Crippen molar-refractivity contribution in [2.24, 2.45) is 0 Å². The molecule has 0 spiro atoms. The molecule has 0 radical (unpaired) electrons. The molecule has 1 heterocycles. The topological polar surface area (TPSA) is 71.5 Å². The second kappa shape index (κ2) is 8.67. The number of nitrogens with one attached hydrogen (secondary N) is 1. The maximum absolute atomic E-state index is 12.8. The summed E-state index contributed by atoms with van der Waals surface area (Å²) in [5, 5.41) is 3.56. The van der Waals surface area contributed by atoms with Crippen molar-refractivity contribution in [2.75, 3.05) is 26.0 Å². The zero-order chi connectivity index (χ0) is 20.1. The molecule has 3 aromatic rings. The van der Waals surface area contributed by atoms with Crippen LogP contribution in [0.5, 0.6) is 5.75 Å². The van der Waals surface area contributed by atoms with Gasteiger partial charge in [-0.05, 0) is 31.2 Å². The molecule has 1 N–H and O–H groups in total. The number of thiazole rings is 1. The number of hydrogen-bond donors (Lipinski definition) is 1. The Kier molecular flexibility index (Phi) is 6.06. The van der Waals surface area contributed by atoms with Gasteiger partial charge in [0, 0.05) is 18.3 Å². The molecule has 0 atom stereocenters. The molecular formula is C21H21N3O3S. The number of carbonyl (C=O) groups is 2. The Hall–Kier alpha value is -3.19. The molecule has 144 valence electrons. The van der Waals surface area contributed by atoms with Gasteiger partial charge in [0.25, 0.3) is 5.91 Å². The normalized spacial score (nSPS) is 10.4. The van der Waals surface area contributed by atoms with Gasteiger partial charge in [-0.3, -0.25) is 9.59 Å². The number of carbonyl (C=O) groups excluding carboxylic acids is 2. The zero-order valence-corrected chi connectivity index (χ0v) is 16.7. The van der Waals surface area contributed by atoms with Crippen molar-refractivity contribution in [1.82, 2.24) is 9.88 Å². The summed E-state index contributed by atoms with van der Waals surface area (Å²) in [5.41, 5.74) is 2.28. The average molecular weight is 395 g/mol. The number of hydrogen-bond acceptors (Lipinski definition) is 5. The molecule has 0 saturated carbocycles. The number of methoxy groups -OCH3 is 1. The van der Waals surface area contributed by atoms with E-state index < -0.39 is 0 Å². The predicted octanol–water partition coefficient (Wildman–Crippen LogP) is 3.84. The van der Waals surface area contributed by atoms with Crippen LogP contribution in [0.3, 0.4) is 0 Å². The predicted molar refractivity (Wildman–Crippen MR) is 111 cm³/mol. The number of anilines is 1. The molecule has 28 heavy (non-hydrogen) atoms. The first-order valence-electron chi connectivity index (χ1n) is 8.70. The molecule has 1 aromatic heterocycles. The number of nitrogens with zero attached hydrogens (tertiary/aromatic N) is 2. The summed E-state index contributed by atoms with van der Waals surface area (Å²) in [5.74, 6) is 0.216. The number of amides is 2. The minimum Gasteiger partial charge on any atom is -0.497 e. The molecule has 0 saturated heterocycles. The SMILES string of the molecule is COc1ccc(NC(=O)CN(C)C(=O)c2sc(-c3ccccc3)nc2C)cc1. The van der Waals surface area contributed by atoms with Crippen molar-refractivity contribution in [3.05, 3.63) is 65.2 Å². The number of likely N-dealkylation sites (N-methyl/N-ethyl adjacent to an activating group) is 1. The first-order chi connectivity index (χ1) is 13.5. The van der Waals surface area contributed by atoms with Gasteiger partial charge in [-0.15, -0.1) is 11.3 Å². The molecule has 3 rings (SSSR count). The molecule has 0 aliphatic carbocycles. The Bertz CT molecular complexity index is 968. The standard InChI is InChI=1S/C21H21N3O3S/c1-14-19(28-20(22-14)15-7-5-4-6-8-15)21(26)24(2)13-18(25)23-16-9-11-17(27-3)12-10-16/h4-12H,13H2,1-3H3,(H,23,25). The maximum atomic E-state index is 12.8. The smallest absolute Gasteiger partial charge is 0.266 e. The summed E-state index contributed by atoms with van der Waals surface area (Å²) >= 11 is 1.34. The number of benzene rings is 2. The Labute approximate surface area is 167 Å². The summed E-state index contributed by atoms with van der Waals surface area (Å²) in [6.45, 7) is 1.75. The van der Waals surface area contributed by atoms with Crippen LogP contribution in [0.4, 0.5) is 5.69 Å². The van der Waals surface area contributed by atoms with Gasteiger partial charge in [-0.1, -0.05) is 30.3 Å². The summed E-state index contributed by atoms with van der Waals surface area (Å²) in [6.07, 6.45) is 0. The highest BCUT2D eigenvalue weighted by molar-refractivity contribution is 7.17. The molecule has 2 aromatic carbocycles. The summed E-state index contributed by atoms with van der Waals surface area (Å²) < 4.78 is 5.09. The van der Waals surface area contributed by atoms with Crippen LogP contribution >= 0.6 is 11.3 Å². The fourth-order valence-electron chi connectivity index (χ4n) is 2.63. The lowest BCUT2D eigenvalue weighted by atomic mass is 10.2. The van der Waals surface area contributed by atoms with Crippen molar-refractivity contribution in [2.45, 2.75) is 6.92 Å². The summed E-state index contributed by atoms with van der Waals surface area (Å²) in [7, 11) is 3.19. The molecule has 6 nitrogen and oxygen atoms in total. The third kappa shape index (κ3) is 4.55. The Morgan fingerprint density at radius 1 is 1.11 bits per heavy atom. The monoisotopic (exact) mass is 395 g/mol. The fraction of sp³-hybridized carbons (Fsp3) is 0.190. The molecule has 0 unspecified atom stereocenters. The largest absolute Gasteiger partial charge is 0.497 e. The van der Waals surface area contributed by atoms with Gasteiger partial charge >= 0.3 is 0 Å². The van der Waals surface area contributed by atoms with Crippen molar-refractivity contribution in [3.63, 3.8) is 0 Å². The van der Waals surface area contributed by atoms with Gasteiger partial charge in [-0.2, -0.15) is 0 Å². The van der Waals surface area contributed by atoms with E-state index in [4.69, 9.17) is 4.74 Å². The first kappa shape index (κ1) is 19.6. The van der Waals surface area contributed by atoms with Crippen molar-refractivity contribution < 1.29 is 14.3 Å². The maximum Gasteiger partial charge on any atom is 0.266 e. The molecule has 0 fully saturated rings. The van der Waals surface area contributed by atoms with Gasteiger partial charge in [0.2, 0.25) is 5.91 Å². The molecule has 0 aliphatic rings. The quantitative estimate of drug-likeness (QED) is 0.688. The van der Waals surface area contributed by atoms with Gasteiger partial charge in [0.05, 0.1) is 19.3 Å². The van der Waals surface area contributed by atoms with Crippen LogP contribution in [0.1, 0.15) is 15.4 Å². The molecule has 7 heteroatoms. The van der Waals surface area contributed by atoms with Crippen LogP contribution in [-0.2, 0) is 4.79 Å². The van der Waals surface area contributed by atoms with Gasteiger partial charge < -0.3 is 15.0 Å². The fourth-order valence-corrected chi connectivity index (χ4v) is 3.70. The highest BCUT2D eigenvalue weighted by Crippen LogP contribution is 2.28. The van der Waals surface area contributed by atoms with Crippen molar-refractivity contribution >= 4 is 28.8 Å². The lowest BCUT2D eigenvalue weighted by Crippen LogP contribution is -2.34. The van der Waals surface area contributed by atoms with E-state index in [0.29, 0.717) is 22.0 Å². The lowest BCUT2D eigenvalue weighted by Gasteiger charge is -2.16. The van der Waals surface area contributed by atoms with E-state index in [-0.39, 0.29) is 18.4 Å². The highest BCUT2D eigenvalue weighted by Gasteiger charge is 2.21. The first-order valence-corrected chi connectivity index (χ1v) is 9.52. The van der Waals surface area contributed by atoms with E-state index in [2.05, 4.69) is 10.3 Å². The van der Waals surface area contributed by atoms with Crippen LogP contribution < -0.4 is 10.1 Å². The molecule has 0 bridgehead atoms. The number of aryl methyl sites for hydroxylation is 1. The van der Waals surface area contributed by atoms with Crippen LogP contribution in [0.15, 0.2) is 54.6 Å². The Morgan fingerprint density at radius 2 is 1.79 bits per heavy atom. The van der Waals surface area contributed by atoms with E-state index in [1.165, 1.54) is 16.2 Å². The second-order valence-corrected chi connectivity index (χ2v) is 7.24. The summed E-state index contributed by atoms with van der Waals surface area (Å²) in [4.78, 5) is 31.5. The molecule has 0 aliphatic heterocycles. The number of aromatic nitrogens is 1. The number of rotatable bonds is 6. The highest BCUT2D eigenvalue weighted by atomic mass is 32.1. The van der Waals surface area contributed by atoms with Crippen molar-refractivity contribution in [1.29, 1.82) is 0 Å². The number of ether oxygens (including phenoxy) is 1. The molecule has 2 amide bonds. The zero-order valence-electron chi connectivity index (χ0n) is 15.9. The van der Waals surface area contributed by atoms with Gasteiger partial charge in [-0.25, -0.2) is 4.98 Å². The van der Waals surface area contributed by atoms with E-state index in [1.807, 2.05) is 30.3 Å². The summed E-state index contributed by atoms with van der Waals surface area (Å²) in [6, 6.07) is 16.7. The average Bonchev–Trinajstić information content (AvgIpc) is 3.10. The minimum atomic E-state index is -0.272. The van der Waals surface area contributed by atoms with Crippen LogP contribution in [0, 0.1) is 6.92 Å². The van der Waals surface area contributed by atoms with Crippen LogP contribution in [0.2, 0.25) is 0 Å². The molecular weight excluding hydrogens is 374 g/mol. The third-order valence-electron chi connectivity index (χ3n) is 4.11. The van der Waals surface area contributed by atoms with Crippen molar-refractivity contribution in [3.8, 4) is 16.3 Å². The lowest BCUT2D eigenvalue weighted by molar-refractivity contribution is -0.116.